The molecule has 0 amide bonds. The number of nitrogens with one attached hydrogen (secondary N) is 1. The van der Waals surface area contributed by atoms with Crippen LogP contribution in [0, 0.1) is 0 Å². The molecule has 0 aromatic rings. The van der Waals surface area contributed by atoms with Crippen LogP contribution in [0.1, 0.15) is 0 Å². The van der Waals surface area contributed by atoms with E-state index in [1.54, 1.807) is 6.08 Å². The lowest BCUT2D eigenvalue weighted by molar-refractivity contribution is 0.188. The lowest BCUT2D eigenvalue weighted by atomic mass is 10.1. The summed E-state index contributed by atoms with van der Waals surface area (Å²) in [6.45, 7) is 0. The average Bonchev–Trinajstić information content (AvgIpc) is 2.10. The zero-order valence-electron chi connectivity index (χ0n) is 7.14. The van der Waals surface area contributed by atoms with Crippen molar-refractivity contribution >= 4 is 10.0 Å². The van der Waals surface area contributed by atoms with Gasteiger partial charge in [-0.15, -0.1) is 0 Å². The normalized spacial score (nSPS) is 33.6. The maximum atomic E-state index is 11.4. The summed E-state index contributed by atoms with van der Waals surface area (Å²) < 4.78 is 24.9. The number of rotatable bonds is 2. The van der Waals surface area contributed by atoms with E-state index in [4.69, 9.17) is 5.73 Å². The molecule has 2 unspecified atom stereocenters. The molecule has 0 aromatic carbocycles. The maximum absolute atomic E-state index is 11.4. The second kappa shape index (κ2) is 3.22. The molecule has 5 nitrogen and oxygen atoms in total. The van der Waals surface area contributed by atoms with Crippen LogP contribution in [0.25, 0.3) is 0 Å². The summed E-state index contributed by atoms with van der Waals surface area (Å²) in [6, 6.07) is 0. The van der Waals surface area contributed by atoms with Crippen molar-refractivity contribution in [2.45, 2.75) is 11.0 Å². The highest BCUT2D eigenvalue weighted by Crippen LogP contribution is 2.20. The molecule has 0 spiro atoms. The number of sulfonamides is 1. The maximum Gasteiger partial charge on any atom is 0.236 e. The van der Waals surface area contributed by atoms with Gasteiger partial charge in [0.2, 0.25) is 10.0 Å². The van der Waals surface area contributed by atoms with Gasteiger partial charge in [0.25, 0.3) is 0 Å². The summed E-state index contributed by atoms with van der Waals surface area (Å²) >= 11 is 0. The van der Waals surface area contributed by atoms with Gasteiger partial charge in [0.1, 0.15) is 6.10 Å². The largest absolute Gasteiger partial charge is 0.386 e. The Kier molecular flexibility index (Phi) is 2.58. The van der Waals surface area contributed by atoms with Crippen molar-refractivity contribution < 1.29 is 13.5 Å². The zero-order valence-corrected chi connectivity index (χ0v) is 7.95. The van der Waals surface area contributed by atoms with E-state index in [0.29, 0.717) is 0 Å². The molecule has 0 aliphatic heterocycles. The summed E-state index contributed by atoms with van der Waals surface area (Å²) in [5.41, 5.74) is 5.55. The fourth-order valence-electron chi connectivity index (χ4n) is 1.05. The number of aliphatic hydroxyl groups is 1. The molecule has 1 aliphatic rings. The number of hydrogen-bond donors (Lipinski definition) is 3. The molecule has 13 heavy (non-hydrogen) atoms. The fourth-order valence-corrected chi connectivity index (χ4v) is 2.06. The molecule has 1 rings (SSSR count). The third-order valence-electron chi connectivity index (χ3n) is 1.96. The Morgan fingerprint density at radius 2 is 2.15 bits per heavy atom. The van der Waals surface area contributed by atoms with Gasteiger partial charge in [-0.2, -0.15) is 0 Å². The monoisotopic (exact) mass is 204 g/mol. The Bertz CT molecular complexity index is 347. The van der Waals surface area contributed by atoms with Crippen molar-refractivity contribution in [2.75, 3.05) is 7.05 Å². The van der Waals surface area contributed by atoms with E-state index in [2.05, 4.69) is 4.72 Å². The van der Waals surface area contributed by atoms with Gasteiger partial charge in [0, 0.05) is 0 Å². The predicted molar refractivity (Wildman–Crippen MR) is 49.2 cm³/mol. The van der Waals surface area contributed by atoms with Gasteiger partial charge in [-0.05, 0) is 13.1 Å². The number of allylic oxidation sites excluding steroid dienone is 2. The molecule has 0 aromatic heterocycles. The molecule has 74 valence electrons. The summed E-state index contributed by atoms with van der Waals surface area (Å²) in [5.74, 6) is 0. The van der Waals surface area contributed by atoms with Gasteiger partial charge < -0.3 is 10.8 Å². The summed E-state index contributed by atoms with van der Waals surface area (Å²) in [6.07, 6.45) is 4.39. The highest BCUT2D eigenvalue weighted by molar-refractivity contribution is 7.91. The van der Waals surface area contributed by atoms with E-state index in [0.717, 1.165) is 0 Å². The number of nitrogens with two attached hydrogens (primary N) is 1. The molecular weight excluding hydrogens is 192 g/mol. The molecule has 0 bridgehead atoms. The Morgan fingerprint density at radius 3 is 2.62 bits per heavy atom. The number of hydrogen-bond acceptors (Lipinski definition) is 4. The summed E-state index contributed by atoms with van der Waals surface area (Å²) in [5, 5.41) is 9.41. The van der Waals surface area contributed by atoms with Crippen LogP contribution in [-0.4, -0.2) is 31.5 Å². The summed E-state index contributed by atoms with van der Waals surface area (Å²) in [7, 11) is -2.48. The quantitative estimate of drug-likeness (QED) is 0.520. The molecule has 0 saturated carbocycles. The molecule has 1 aliphatic carbocycles. The van der Waals surface area contributed by atoms with Crippen LogP contribution in [-0.2, 0) is 10.0 Å². The first-order valence-electron chi connectivity index (χ1n) is 3.70. The van der Waals surface area contributed by atoms with Crippen LogP contribution in [0.3, 0.4) is 0 Å². The lowest BCUT2D eigenvalue weighted by Gasteiger charge is -2.30. The van der Waals surface area contributed by atoms with Crippen molar-refractivity contribution in [3.8, 4) is 0 Å². The smallest absolute Gasteiger partial charge is 0.236 e. The van der Waals surface area contributed by atoms with Crippen LogP contribution in [0.4, 0.5) is 0 Å². The van der Waals surface area contributed by atoms with Crippen LogP contribution >= 0.6 is 0 Å². The Morgan fingerprint density at radius 1 is 1.54 bits per heavy atom. The van der Waals surface area contributed by atoms with E-state index in [9.17, 15) is 13.5 Å². The van der Waals surface area contributed by atoms with Crippen LogP contribution < -0.4 is 10.5 Å². The van der Waals surface area contributed by atoms with Gasteiger partial charge in [0.15, 0.2) is 4.87 Å². The van der Waals surface area contributed by atoms with E-state index in [1.807, 2.05) is 0 Å². The molecule has 0 heterocycles. The molecule has 0 fully saturated rings. The SMILES string of the molecule is CNS(=O)(=O)C1(N)C=CC=CC1O. The van der Waals surface area contributed by atoms with Crippen LogP contribution in [0.5, 0.6) is 0 Å². The molecule has 0 radical (unpaired) electrons. The lowest BCUT2D eigenvalue weighted by Crippen LogP contribution is -2.59. The van der Waals surface area contributed by atoms with Crippen molar-refractivity contribution in [1.82, 2.24) is 4.72 Å². The molecule has 4 N–H and O–H groups in total. The van der Waals surface area contributed by atoms with Gasteiger partial charge >= 0.3 is 0 Å². The van der Waals surface area contributed by atoms with E-state index < -0.39 is 21.0 Å². The second-order valence-corrected chi connectivity index (χ2v) is 4.87. The van der Waals surface area contributed by atoms with Crippen molar-refractivity contribution in [3.05, 3.63) is 24.3 Å². The predicted octanol–water partition coefficient (Wildman–Crippen LogP) is -1.32. The topological polar surface area (TPSA) is 92.4 Å². The van der Waals surface area contributed by atoms with E-state index in [1.165, 1.54) is 25.3 Å². The third kappa shape index (κ3) is 1.53. The molecular formula is C7H12N2O3S. The number of aliphatic hydroxyl groups excluding tert-OH is 1. The molecule has 2 atom stereocenters. The zero-order chi connectivity index (χ0) is 10.1. The fraction of sp³-hybridized carbons (Fsp3) is 0.429. The van der Waals surface area contributed by atoms with Crippen molar-refractivity contribution in [3.63, 3.8) is 0 Å². The highest BCUT2D eigenvalue weighted by Gasteiger charge is 2.43. The van der Waals surface area contributed by atoms with Gasteiger partial charge in [-0.1, -0.05) is 18.2 Å². The van der Waals surface area contributed by atoms with Gasteiger partial charge in [-0.25, -0.2) is 13.1 Å². The summed E-state index contributed by atoms with van der Waals surface area (Å²) in [4.78, 5) is -1.77. The second-order valence-electron chi connectivity index (χ2n) is 2.75. The standard InChI is InChI=1S/C7H12N2O3S/c1-9-13(11,12)7(8)5-3-2-4-6(7)10/h2-6,9-10H,8H2,1H3. The van der Waals surface area contributed by atoms with Crippen molar-refractivity contribution in [2.24, 2.45) is 5.73 Å². The Hall–Kier alpha value is -0.690. The first kappa shape index (κ1) is 10.4. The minimum absolute atomic E-state index is 1.23. The minimum Gasteiger partial charge on any atom is -0.386 e. The first-order chi connectivity index (χ1) is 5.94. The molecule has 0 saturated heterocycles. The van der Waals surface area contributed by atoms with Crippen LogP contribution in [0.15, 0.2) is 24.3 Å². The van der Waals surface area contributed by atoms with E-state index in [-0.39, 0.29) is 0 Å². The van der Waals surface area contributed by atoms with Crippen LogP contribution in [0.2, 0.25) is 0 Å². The molecule has 6 heteroatoms. The Balaban J connectivity index is 3.15. The van der Waals surface area contributed by atoms with Crippen molar-refractivity contribution in [1.29, 1.82) is 0 Å². The first-order valence-corrected chi connectivity index (χ1v) is 5.18. The third-order valence-corrected chi connectivity index (χ3v) is 3.80. The Labute approximate surface area is 77.0 Å². The van der Waals surface area contributed by atoms with Gasteiger partial charge in [0.05, 0.1) is 0 Å². The van der Waals surface area contributed by atoms with E-state index >= 15 is 0 Å². The average molecular weight is 204 g/mol. The minimum atomic E-state index is -3.73. The highest BCUT2D eigenvalue weighted by atomic mass is 32.2. The van der Waals surface area contributed by atoms with Gasteiger partial charge in [-0.3, -0.25) is 0 Å².